The zero-order valence-electron chi connectivity index (χ0n) is 14.2. The number of aromatic nitrogens is 2. The Morgan fingerprint density at radius 3 is 2.64 bits per heavy atom. The van der Waals surface area contributed by atoms with Crippen molar-refractivity contribution in [1.82, 2.24) is 14.9 Å². The fraction of sp³-hybridized carbons (Fsp3) is 0.250. The summed E-state index contributed by atoms with van der Waals surface area (Å²) in [5.74, 6) is 1.67. The third-order valence-corrected chi connectivity index (χ3v) is 4.41. The molecule has 0 fully saturated rings. The Hall–Kier alpha value is -2.79. The lowest BCUT2D eigenvalue weighted by atomic mass is 10.1. The number of benzene rings is 2. The van der Waals surface area contributed by atoms with Crippen molar-refractivity contribution in [3.8, 4) is 17.2 Å². The van der Waals surface area contributed by atoms with Gasteiger partial charge in [0.2, 0.25) is 0 Å². The maximum absolute atomic E-state index is 5.64. The minimum atomic E-state index is 0.255. The SMILES string of the molecule is CC(NCc1ccc2c(c1)OCCO2)c1ccc(-n2ccnc2)cc1. The van der Waals surface area contributed by atoms with E-state index in [1.54, 1.807) is 12.5 Å². The average Bonchev–Trinajstić information content (AvgIpc) is 3.21. The molecule has 1 N–H and O–H groups in total. The van der Waals surface area contributed by atoms with Gasteiger partial charge in [0, 0.05) is 30.7 Å². The lowest BCUT2D eigenvalue weighted by Gasteiger charge is -2.20. The predicted octanol–water partition coefficient (Wildman–Crippen LogP) is 3.49. The van der Waals surface area contributed by atoms with Crippen LogP contribution in [-0.2, 0) is 6.54 Å². The largest absolute Gasteiger partial charge is 0.486 e. The van der Waals surface area contributed by atoms with Crippen LogP contribution in [0.2, 0.25) is 0 Å². The van der Waals surface area contributed by atoms with Gasteiger partial charge in [0.05, 0.1) is 6.33 Å². The Kier molecular flexibility index (Phi) is 4.39. The van der Waals surface area contributed by atoms with Crippen LogP contribution in [0.25, 0.3) is 5.69 Å². The third kappa shape index (κ3) is 3.51. The second kappa shape index (κ2) is 6.99. The van der Waals surface area contributed by atoms with Gasteiger partial charge in [0.15, 0.2) is 11.5 Å². The molecule has 4 rings (SSSR count). The number of ether oxygens (including phenoxy) is 2. The highest BCUT2D eigenvalue weighted by Crippen LogP contribution is 2.30. The standard InChI is InChI=1S/C20H21N3O2/c1-15(17-3-5-18(6-4-17)23-9-8-21-14-23)22-13-16-2-7-19-20(12-16)25-11-10-24-19/h2-9,12,14-15,22H,10-11,13H2,1H3. The normalized spacial score (nSPS) is 14.3. The van der Waals surface area contributed by atoms with Gasteiger partial charge < -0.3 is 19.4 Å². The molecule has 1 aliphatic heterocycles. The minimum Gasteiger partial charge on any atom is -0.486 e. The molecule has 1 aromatic heterocycles. The van der Waals surface area contributed by atoms with Crippen molar-refractivity contribution in [3.63, 3.8) is 0 Å². The first-order valence-corrected chi connectivity index (χ1v) is 8.50. The molecule has 5 heteroatoms. The van der Waals surface area contributed by atoms with Gasteiger partial charge in [0.25, 0.3) is 0 Å². The molecule has 0 saturated carbocycles. The fourth-order valence-corrected chi connectivity index (χ4v) is 2.93. The Morgan fingerprint density at radius 2 is 1.88 bits per heavy atom. The van der Waals surface area contributed by atoms with Gasteiger partial charge in [-0.25, -0.2) is 4.98 Å². The Balaban J connectivity index is 1.39. The lowest BCUT2D eigenvalue weighted by molar-refractivity contribution is 0.171. The van der Waals surface area contributed by atoms with Crippen LogP contribution in [0, 0.1) is 0 Å². The molecule has 0 saturated heterocycles. The monoisotopic (exact) mass is 335 g/mol. The average molecular weight is 335 g/mol. The first kappa shape index (κ1) is 15.7. The molecule has 2 aromatic carbocycles. The number of fused-ring (bicyclic) bond motifs is 1. The predicted molar refractivity (Wildman–Crippen MR) is 96.3 cm³/mol. The highest BCUT2D eigenvalue weighted by molar-refractivity contribution is 5.44. The molecule has 2 heterocycles. The molecule has 1 atom stereocenters. The van der Waals surface area contributed by atoms with Crippen LogP contribution in [0.1, 0.15) is 24.1 Å². The second-order valence-electron chi connectivity index (χ2n) is 6.14. The number of hydrogen-bond donors (Lipinski definition) is 1. The zero-order valence-corrected chi connectivity index (χ0v) is 14.2. The van der Waals surface area contributed by atoms with E-state index in [9.17, 15) is 0 Å². The van der Waals surface area contributed by atoms with Crippen molar-refractivity contribution in [2.75, 3.05) is 13.2 Å². The molecular formula is C20H21N3O2. The Morgan fingerprint density at radius 1 is 1.08 bits per heavy atom. The first-order chi connectivity index (χ1) is 12.3. The lowest BCUT2D eigenvalue weighted by Crippen LogP contribution is -2.19. The summed E-state index contributed by atoms with van der Waals surface area (Å²) in [5, 5.41) is 3.56. The van der Waals surface area contributed by atoms with Crippen LogP contribution in [0.3, 0.4) is 0 Å². The summed E-state index contributed by atoms with van der Waals surface area (Å²) in [6, 6.07) is 14.9. The first-order valence-electron chi connectivity index (χ1n) is 8.50. The van der Waals surface area contributed by atoms with E-state index in [2.05, 4.69) is 53.6 Å². The maximum Gasteiger partial charge on any atom is 0.161 e. The van der Waals surface area contributed by atoms with E-state index >= 15 is 0 Å². The van der Waals surface area contributed by atoms with Crippen molar-refractivity contribution in [1.29, 1.82) is 0 Å². The molecule has 25 heavy (non-hydrogen) atoms. The highest BCUT2D eigenvalue weighted by Gasteiger charge is 2.12. The summed E-state index contributed by atoms with van der Waals surface area (Å²) >= 11 is 0. The maximum atomic E-state index is 5.64. The molecular weight excluding hydrogens is 314 g/mol. The van der Waals surface area contributed by atoms with Crippen molar-refractivity contribution in [2.45, 2.75) is 19.5 Å². The number of imidazole rings is 1. The summed E-state index contributed by atoms with van der Waals surface area (Å²) in [4.78, 5) is 4.08. The Labute approximate surface area is 147 Å². The van der Waals surface area contributed by atoms with Crippen molar-refractivity contribution in [3.05, 3.63) is 72.3 Å². The fourth-order valence-electron chi connectivity index (χ4n) is 2.93. The van der Waals surface area contributed by atoms with Gasteiger partial charge in [0.1, 0.15) is 13.2 Å². The molecule has 5 nitrogen and oxygen atoms in total. The van der Waals surface area contributed by atoms with E-state index in [0.717, 1.165) is 23.7 Å². The molecule has 128 valence electrons. The van der Waals surface area contributed by atoms with Gasteiger partial charge >= 0.3 is 0 Å². The van der Waals surface area contributed by atoms with Crippen LogP contribution in [-0.4, -0.2) is 22.8 Å². The molecule has 0 spiro atoms. The highest BCUT2D eigenvalue weighted by atomic mass is 16.6. The molecule has 1 unspecified atom stereocenters. The molecule has 0 radical (unpaired) electrons. The van der Waals surface area contributed by atoms with E-state index in [1.165, 1.54) is 11.1 Å². The van der Waals surface area contributed by atoms with Crippen LogP contribution < -0.4 is 14.8 Å². The van der Waals surface area contributed by atoms with Gasteiger partial charge in [-0.1, -0.05) is 18.2 Å². The minimum absolute atomic E-state index is 0.255. The van der Waals surface area contributed by atoms with Gasteiger partial charge in [-0.3, -0.25) is 0 Å². The molecule has 0 amide bonds. The molecule has 3 aromatic rings. The van der Waals surface area contributed by atoms with Crippen molar-refractivity contribution < 1.29 is 9.47 Å². The Bertz CT molecular complexity index is 829. The number of nitrogens with zero attached hydrogens (tertiary/aromatic N) is 2. The van der Waals surface area contributed by atoms with Crippen LogP contribution in [0.4, 0.5) is 0 Å². The summed E-state index contributed by atoms with van der Waals surface area (Å²) in [6.45, 7) is 4.19. The van der Waals surface area contributed by atoms with Crippen LogP contribution in [0.15, 0.2) is 61.2 Å². The summed E-state index contributed by atoms with van der Waals surface area (Å²) in [5.41, 5.74) is 3.55. The number of rotatable bonds is 5. The summed E-state index contributed by atoms with van der Waals surface area (Å²) < 4.78 is 13.2. The summed E-state index contributed by atoms with van der Waals surface area (Å²) in [7, 11) is 0. The quantitative estimate of drug-likeness (QED) is 0.775. The number of nitrogens with one attached hydrogen (secondary N) is 1. The third-order valence-electron chi connectivity index (χ3n) is 4.41. The van der Waals surface area contributed by atoms with Crippen molar-refractivity contribution in [2.24, 2.45) is 0 Å². The molecule has 0 bridgehead atoms. The molecule has 1 aliphatic rings. The van der Waals surface area contributed by atoms with Gasteiger partial charge in [-0.2, -0.15) is 0 Å². The number of hydrogen-bond acceptors (Lipinski definition) is 4. The second-order valence-corrected chi connectivity index (χ2v) is 6.14. The van der Waals surface area contributed by atoms with E-state index in [-0.39, 0.29) is 6.04 Å². The van der Waals surface area contributed by atoms with Gasteiger partial charge in [-0.05, 0) is 42.3 Å². The van der Waals surface area contributed by atoms with E-state index in [0.29, 0.717) is 13.2 Å². The summed E-state index contributed by atoms with van der Waals surface area (Å²) in [6.07, 6.45) is 5.53. The topological polar surface area (TPSA) is 48.3 Å². The van der Waals surface area contributed by atoms with Crippen molar-refractivity contribution >= 4 is 0 Å². The molecule has 0 aliphatic carbocycles. The van der Waals surface area contributed by atoms with E-state index < -0.39 is 0 Å². The van der Waals surface area contributed by atoms with E-state index in [1.807, 2.05) is 16.8 Å². The smallest absolute Gasteiger partial charge is 0.161 e. The van der Waals surface area contributed by atoms with Gasteiger partial charge in [-0.15, -0.1) is 0 Å². The zero-order chi connectivity index (χ0) is 17.1. The van der Waals surface area contributed by atoms with Crippen LogP contribution in [0.5, 0.6) is 11.5 Å². The van der Waals surface area contributed by atoms with E-state index in [4.69, 9.17) is 9.47 Å². The van der Waals surface area contributed by atoms with Crippen LogP contribution >= 0.6 is 0 Å².